The highest BCUT2D eigenvalue weighted by Gasteiger charge is 2.11. The van der Waals surface area contributed by atoms with Gasteiger partial charge in [-0.3, -0.25) is 4.98 Å². The van der Waals surface area contributed by atoms with E-state index in [0.717, 1.165) is 17.8 Å². The number of nitrogens with zero attached hydrogens (tertiary/aromatic N) is 2. The van der Waals surface area contributed by atoms with Crippen LogP contribution >= 0.6 is 11.6 Å². The lowest BCUT2D eigenvalue weighted by atomic mass is 10.1. The van der Waals surface area contributed by atoms with Gasteiger partial charge >= 0.3 is 0 Å². The Morgan fingerprint density at radius 1 is 1.40 bits per heavy atom. The van der Waals surface area contributed by atoms with Gasteiger partial charge in [-0.2, -0.15) is 5.26 Å². The predicted octanol–water partition coefficient (Wildman–Crippen LogP) is 4.31. The molecular formula is C15H13ClFN3. The van der Waals surface area contributed by atoms with Gasteiger partial charge in [0.15, 0.2) is 0 Å². The van der Waals surface area contributed by atoms with Gasteiger partial charge in [-0.15, -0.1) is 0 Å². The first-order valence-electron chi connectivity index (χ1n) is 6.21. The quantitative estimate of drug-likeness (QED) is 0.912. The number of hydrogen-bond acceptors (Lipinski definition) is 3. The number of halogens is 2. The summed E-state index contributed by atoms with van der Waals surface area (Å²) in [6.07, 6.45) is 1.98. The monoisotopic (exact) mass is 289 g/mol. The van der Waals surface area contributed by atoms with Crippen LogP contribution in [-0.2, 0) is 0 Å². The van der Waals surface area contributed by atoms with Gasteiger partial charge in [0.25, 0.3) is 0 Å². The number of benzene rings is 1. The molecular weight excluding hydrogens is 277 g/mol. The molecule has 102 valence electrons. The highest BCUT2D eigenvalue weighted by atomic mass is 35.5. The fraction of sp³-hybridized carbons (Fsp3) is 0.200. The molecule has 1 atom stereocenters. The average Bonchev–Trinajstić information content (AvgIpc) is 2.47. The van der Waals surface area contributed by atoms with Crippen LogP contribution < -0.4 is 5.32 Å². The Hall–Kier alpha value is -2.12. The minimum Gasteiger partial charge on any atom is -0.377 e. The second-order valence-corrected chi connectivity index (χ2v) is 4.72. The molecule has 0 saturated carbocycles. The van der Waals surface area contributed by atoms with E-state index in [1.54, 1.807) is 24.3 Å². The van der Waals surface area contributed by atoms with Crippen molar-refractivity contribution in [3.8, 4) is 6.07 Å². The number of pyridine rings is 1. The number of hydrogen-bond donors (Lipinski definition) is 1. The van der Waals surface area contributed by atoms with Gasteiger partial charge in [-0.25, -0.2) is 4.39 Å². The molecule has 20 heavy (non-hydrogen) atoms. The molecule has 3 nitrogen and oxygen atoms in total. The van der Waals surface area contributed by atoms with Gasteiger partial charge in [0, 0.05) is 5.69 Å². The molecule has 0 fully saturated rings. The maximum Gasteiger partial charge on any atom is 0.141 e. The van der Waals surface area contributed by atoms with Gasteiger partial charge in [-0.05, 0) is 36.8 Å². The van der Waals surface area contributed by atoms with E-state index in [9.17, 15) is 4.39 Å². The lowest BCUT2D eigenvalue weighted by Crippen LogP contribution is -2.11. The topological polar surface area (TPSA) is 48.7 Å². The molecule has 0 aliphatic heterocycles. The molecule has 0 saturated heterocycles. The first-order chi connectivity index (χ1) is 9.63. The van der Waals surface area contributed by atoms with Crippen molar-refractivity contribution >= 4 is 17.3 Å². The summed E-state index contributed by atoms with van der Waals surface area (Å²) in [7, 11) is 0. The van der Waals surface area contributed by atoms with Crippen molar-refractivity contribution in [3.63, 3.8) is 0 Å². The number of nitrogens with one attached hydrogen (secondary N) is 1. The molecule has 0 radical (unpaired) electrons. The highest BCUT2D eigenvalue weighted by Crippen LogP contribution is 2.24. The molecule has 0 amide bonds. The van der Waals surface area contributed by atoms with Crippen LogP contribution in [0.3, 0.4) is 0 Å². The Kier molecular flexibility index (Phi) is 4.54. The van der Waals surface area contributed by atoms with Gasteiger partial charge in [0.05, 0.1) is 28.5 Å². The Labute approximate surface area is 122 Å². The van der Waals surface area contributed by atoms with Gasteiger partial charge < -0.3 is 5.32 Å². The van der Waals surface area contributed by atoms with Crippen molar-refractivity contribution in [1.29, 1.82) is 5.26 Å². The fourth-order valence-corrected chi connectivity index (χ4v) is 2.04. The maximum absolute atomic E-state index is 12.9. The van der Waals surface area contributed by atoms with E-state index in [0.29, 0.717) is 10.6 Å². The molecule has 0 aliphatic carbocycles. The van der Waals surface area contributed by atoms with E-state index in [2.05, 4.69) is 10.3 Å². The second-order valence-electron chi connectivity index (χ2n) is 4.31. The van der Waals surface area contributed by atoms with Crippen LogP contribution in [0.5, 0.6) is 0 Å². The lowest BCUT2D eigenvalue weighted by molar-refractivity contribution is 0.614. The third-order valence-electron chi connectivity index (χ3n) is 2.94. The Morgan fingerprint density at radius 3 is 2.80 bits per heavy atom. The lowest BCUT2D eigenvalue weighted by Gasteiger charge is -2.18. The summed E-state index contributed by atoms with van der Waals surface area (Å²) in [6.45, 7) is 2.00. The summed E-state index contributed by atoms with van der Waals surface area (Å²) in [4.78, 5) is 4.08. The summed E-state index contributed by atoms with van der Waals surface area (Å²) in [6, 6.07) is 10.2. The van der Waals surface area contributed by atoms with E-state index in [1.807, 2.05) is 13.0 Å². The molecule has 1 heterocycles. The van der Waals surface area contributed by atoms with Crippen molar-refractivity contribution in [2.75, 3.05) is 5.32 Å². The number of nitriles is 1. The number of rotatable bonds is 4. The van der Waals surface area contributed by atoms with Crippen molar-refractivity contribution in [1.82, 2.24) is 4.98 Å². The minimum absolute atomic E-state index is 0.0525. The Morgan fingerprint density at radius 2 is 2.20 bits per heavy atom. The van der Waals surface area contributed by atoms with Crippen LogP contribution in [0.15, 0.2) is 36.5 Å². The zero-order valence-corrected chi connectivity index (χ0v) is 11.7. The SMILES string of the molecule is CCC(Nc1ccc(Cl)c(C#N)c1)c1ccc(F)cn1. The molecule has 1 N–H and O–H groups in total. The normalized spacial score (nSPS) is 11.7. The number of anilines is 1. The molecule has 0 aliphatic rings. The molecule has 2 aromatic rings. The van der Waals surface area contributed by atoms with Crippen molar-refractivity contribution in [3.05, 3.63) is 58.6 Å². The van der Waals surface area contributed by atoms with Gasteiger partial charge in [0.2, 0.25) is 0 Å². The second kappa shape index (κ2) is 6.36. The number of aromatic nitrogens is 1. The molecule has 1 aromatic heterocycles. The largest absolute Gasteiger partial charge is 0.377 e. The van der Waals surface area contributed by atoms with E-state index in [1.165, 1.54) is 12.3 Å². The van der Waals surface area contributed by atoms with E-state index in [4.69, 9.17) is 16.9 Å². The van der Waals surface area contributed by atoms with Crippen LogP contribution in [0.1, 0.15) is 30.6 Å². The maximum atomic E-state index is 12.9. The molecule has 1 aromatic carbocycles. The van der Waals surface area contributed by atoms with Crippen molar-refractivity contribution in [2.24, 2.45) is 0 Å². The van der Waals surface area contributed by atoms with Crippen LogP contribution in [0, 0.1) is 17.1 Å². The van der Waals surface area contributed by atoms with Crippen LogP contribution in [0.25, 0.3) is 0 Å². The first-order valence-corrected chi connectivity index (χ1v) is 6.59. The summed E-state index contributed by atoms with van der Waals surface area (Å²) >= 11 is 5.90. The van der Waals surface area contributed by atoms with Gasteiger partial charge in [0.1, 0.15) is 11.9 Å². The third-order valence-corrected chi connectivity index (χ3v) is 3.27. The molecule has 5 heteroatoms. The van der Waals surface area contributed by atoms with Gasteiger partial charge in [-0.1, -0.05) is 18.5 Å². The van der Waals surface area contributed by atoms with Crippen molar-refractivity contribution in [2.45, 2.75) is 19.4 Å². The smallest absolute Gasteiger partial charge is 0.141 e. The summed E-state index contributed by atoms with van der Waals surface area (Å²) in [5, 5.41) is 12.7. The summed E-state index contributed by atoms with van der Waals surface area (Å²) in [5.41, 5.74) is 1.95. The fourth-order valence-electron chi connectivity index (χ4n) is 1.88. The molecule has 1 unspecified atom stereocenters. The van der Waals surface area contributed by atoms with Crippen LogP contribution in [0.4, 0.5) is 10.1 Å². The van der Waals surface area contributed by atoms with E-state index < -0.39 is 0 Å². The Bertz CT molecular complexity index is 635. The average molecular weight is 290 g/mol. The van der Waals surface area contributed by atoms with Crippen LogP contribution in [-0.4, -0.2) is 4.98 Å². The minimum atomic E-state index is -0.359. The van der Waals surface area contributed by atoms with Crippen molar-refractivity contribution < 1.29 is 4.39 Å². The van der Waals surface area contributed by atoms with Crippen LogP contribution in [0.2, 0.25) is 5.02 Å². The molecule has 0 spiro atoms. The first kappa shape index (κ1) is 14.3. The third kappa shape index (κ3) is 3.25. The zero-order chi connectivity index (χ0) is 14.5. The summed E-state index contributed by atoms with van der Waals surface area (Å²) < 4.78 is 12.9. The van der Waals surface area contributed by atoms with E-state index >= 15 is 0 Å². The zero-order valence-electron chi connectivity index (χ0n) is 10.9. The highest BCUT2D eigenvalue weighted by molar-refractivity contribution is 6.31. The predicted molar refractivity (Wildman–Crippen MR) is 77.0 cm³/mol. The molecule has 2 rings (SSSR count). The standard InChI is InChI=1S/C15H13ClFN3/c1-2-14(15-6-3-11(17)9-19-15)20-12-4-5-13(16)10(7-12)8-18/h3-7,9,14,20H,2H2,1H3. The molecule has 0 bridgehead atoms. The van der Waals surface area contributed by atoms with E-state index in [-0.39, 0.29) is 11.9 Å². The Balaban J connectivity index is 2.22. The summed E-state index contributed by atoms with van der Waals surface area (Å²) in [5.74, 6) is -0.359.